The van der Waals surface area contributed by atoms with Crippen LogP contribution in [0.1, 0.15) is 5.56 Å². The lowest BCUT2D eigenvalue weighted by Crippen LogP contribution is -2.25. The Morgan fingerprint density at radius 3 is 2.52 bits per heavy atom. The zero-order valence-corrected chi connectivity index (χ0v) is 12.7. The molecular formula is C17H20BFO2. The minimum Gasteiger partial charge on any atom is -0.497 e. The van der Waals surface area contributed by atoms with E-state index in [1.807, 2.05) is 44.0 Å². The normalized spacial score (nSPS) is 10.3. The van der Waals surface area contributed by atoms with Crippen molar-refractivity contribution in [1.29, 1.82) is 0 Å². The molecule has 2 rings (SSSR count). The zero-order chi connectivity index (χ0) is 15.2. The Morgan fingerprint density at radius 1 is 1.05 bits per heavy atom. The molecule has 2 aromatic carbocycles. The van der Waals surface area contributed by atoms with Crippen molar-refractivity contribution in [3.8, 4) is 11.5 Å². The molecule has 0 aliphatic rings. The topological polar surface area (TPSA) is 18.5 Å². The van der Waals surface area contributed by atoms with Gasteiger partial charge in [-0.15, -0.1) is 0 Å². The van der Waals surface area contributed by atoms with Crippen LogP contribution < -0.4 is 14.9 Å². The molecule has 0 N–H and O–H groups in total. The van der Waals surface area contributed by atoms with Crippen LogP contribution in [0.2, 0.25) is 13.6 Å². The van der Waals surface area contributed by atoms with Crippen LogP contribution in [-0.4, -0.2) is 20.4 Å². The molecule has 0 bridgehead atoms. The first-order chi connectivity index (χ1) is 10.1. The van der Waals surface area contributed by atoms with Gasteiger partial charge in [-0.2, -0.15) is 0 Å². The predicted molar refractivity (Wildman–Crippen MR) is 85.7 cm³/mol. The maximum absolute atomic E-state index is 13.9. The number of hydrogen-bond acceptors (Lipinski definition) is 2. The third-order valence-corrected chi connectivity index (χ3v) is 3.39. The van der Waals surface area contributed by atoms with Gasteiger partial charge in [-0.05, 0) is 29.2 Å². The second kappa shape index (κ2) is 7.16. The first-order valence-electron chi connectivity index (χ1n) is 7.15. The van der Waals surface area contributed by atoms with Gasteiger partial charge in [0.25, 0.3) is 0 Å². The largest absolute Gasteiger partial charge is 0.497 e. The minimum absolute atomic E-state index is 0.177. The van der Waals surface area contributed by atoms with Gasteiger partial charge in [-0.25, -0.2) is 4.39 Å². The van der Waals surface area contributed by atoms with Crippen molar-refractivity contribution in [2.75, 3.05) is 13.7 Å². The molecule has 0 aromatic heterocycles. The average molecular weight is 286 g/mol. The first-order valence-corrected chi connectivity index (χ1v) is 7.15. The van der Waals surface area contributed by atoms with Crippen molar-refractivity contribution in [3.05, 3.63) is 53.8 Å². The minimum atomic E-state index is -0.205. The van der Waals surface area contributed by atoms with Crippen molar-refractivity contribution >= 4 is 12.2 Å². The SMILES string of the molecule is COc1cccc(CCOc2ccc(B(C)C)c(F)c2)c1. The van der Waals surface area contributed by atoms with E-state index in [0.717, 1.165) is 23.2 Å². The molecule has 0 spiro atoms. The van der Waals surface area contributed by atoms with E-state index in [-0.39, 0.29) is 12.5 Å². The van der Waals surface area contributed by atoms with Crippen LogP contribution in [0.3, 0.4) is 0 Å². The number of halogens is 1. The molecule has 110 valence electrons. The summed E-state index contributed by atoms with van der Waals surface area (Å²) >= 11 is 0. The van der Waals surface area contributed by atoms with Crippen LogP contribution in [0.5, 0.6) is 11.5 Å². The smallest absolute Gasteiger partial charge is 0.173 e. The maximum Gasteiger partial charge on any atom is 0.173 e. The van der Waals surface area contributed by atoms with Gasteiger partial charge in [0.1, 0.15) is 17.3 Å². The van der Waals surface area contributed by atoms with E-state index in [1.165, 1.54) is 6.07 Å². The van der Waals surface area contributed by atoms with E-state index in [9.17, 15) is 4.39 Å². The summed E-state index contributed by atoms with van der Waals surface area (Å²) in [6.07, 6.45) is 0.755. The second-order valence-corrected chi connectivity index (χ2v) is 5.29. The Morgan fingerprint density at radius 2 is 1.86 bits per heavy atom. The maximum atomic E-state index is 13.9. The molecule has 0 saturated heterocycles. The number of benzene rings is 2. The molecule has 0 unspecified atom stereocenters. The Labute approximate surface area is 126 Å². The summed E-state index contributed by atoms with van der Waals surface area (Å²) in [5.74, 6) is 1.20. The molecule has 0 atom stereocenters. The molecule has 0 radical (unpaired) electrons. The molecule has 21 heavy (non-hydrogen) atoms. The summed E-state index contributed by atoms with van der Waals surface area (Å²) in [6.45, 7) is 4.63. The molecule has 0 aliphatic heterocycles. The van der Waals surface area contributed by atoms with Crippen LogP contribution in [0.4, 0.5) is 4.39 Å². The average Bonchev–Trinajstić information content (AvgIpc) is 2.47. The van der Waals surface area contributed by atoms with Crippen molar-refractivity contribution in [1.82, 2.24) is 0 Å². The van der Waals surface area contributed by atoms with Crippen molar-refractivity contribution in [2.45, 2.75) is 20.1 Å². The molecule has 0 amide bonds. The van der Waals surface area contributed by atoms with Gasteiger partial charge < -0.3 is 9.47 Å². The highest BCUT2D eigenvalue weighted by Crippen LogP contribution is 2.15. The fraction of sp³-hybridized carbons (Fsp3) is 0.294. The third-order valence-electron chi connectivity index (χ3n) is 3.39. The van der Waals surface area contributed by atoms with Crippen LogP contribution >= 0.6 is 0 Å². The summed E-state index contributed by atoms with van der Waals surface area (Å²) in [5, 5.41) is 0. The highest BCUT2D eigenvalue weighted by atomic mass is 19.1. The lowest BCUT2D eigenvalue weighted by atomic mass is 9.49. The van der Waals surface area contributed by atoms with Gasteiger partial charge in [0, 0.05) is 12.5 Å². The van der Waals surface area contributed by atoms with Crippen molar-refractivity contribution in [3.63, 3.8) is 0 Å². The Kier molecular flexibility index (Phi) is 5.26. The first kappa shape index (κ1) is 15.4. The van der Waals surface area contributed by atoms with Crippen molar-refractivity contribution in [2.24, 2.45) is 0 Å². The van der Waals surface area contributed by atoms with Crippen LogP contribution in [0.25, 0.3) is 0 Å². The molecule has 2 nitrogen and oxygen atoms in total. The Balaban J connectivity index is 1.92. The number of ether oxygens (including phenoxy) is 2. The van der Waals surface area contributed by atoms with E-state index < -0.39 is 0 Å². The van der Waals surface area contributed by atoms with Gasteiger partial charge >= 0.3 is 0 Å². The Bertz CT molecular complexity index is 599. The summed E-state index contributed by atoms with van der Waals surface area (Å²) in [7, 11) is 1.65. The number of methoxy groups -OCH3 is 1. The quantitative estimate of drug-likeness (QED) is 0.758. The van der Waals surface area contributed by atoms with Crippen LogP contribution in [0.15, 0.2) is 42.5 Å². The van der Waals surface area contributed by atoms with E-state index in [2.05, 4.69) is 0 Å². The van der Waals surface area contributed by atoms with Crippen LogP contribution in [0, 0.1) is 5.82 Å². The van der Waals surface area contributed by atoms with Crippen LogP contribution in [-0.2, 0) is 6.42 Å². The Hall–Kier alpha value is -1.97. The monoisotopic (exact) mass is 286 g/mol. The van der Waals surface area contributed by atoms with E-state index in [0.29, 0.717) is 12.4 Å². The molecular weight excluding hydrogens is 266 g/mol. The summed E-state index contributed by atoms with van der Waals surface area (Å²) in [6, 6.07) is 12.9. The predicted octanol–water partition coefficient (Wildman–Crippen LogP) is 3.42. The van der Waals surface area contributed by atoms with Gasteiger partial charge in [-0.1, -0.05) is 31.8 Å². The van der Waals surface area contributed by atoms with E-state index in [4.69, 9.17) is 9.47 Å². The second-order valence-electron chi connectivity index (χ2n) is 5.29. The number of rotatable bonds is 6. The standard InChI is InChI=1S/C17H20BFO2/c1-18(2)16-8-7-15(12-17(16)19)21-10-9-13-5-4-6-14(11-13)20-3/h4-8,11-12H,9-10H2,1-3H3. The lowest BCUT2D eigenvalue weighted by molar-refractivity contribution is 0.320. The number of hydrogen-bond donors (Lipinski definition) is 0. The molecule has 4 heteroatoms. The molecule has 0 heterocycles. The fourth-order valence-electron chi connectivity index (χ4n) is 2.18. The highest BCUT2D eigenvalue weighted by molar-refractivity contribution is 6.70. The van der Waals surface area contributed by atoms with E-state index in [1.54, 1.807) is 13.2 Å². The van der Waals surface area contributed by atoms with Crippen molar-refractivity contribution < 1.29 is 13.9 Å². The van der Waals surface area contributed by atoms with Gasteiger partial charge in [0.15, 0.2) is 6.71 Å². The molecule has 0 aliphatic carbocycles. The fourth-order valence-corrected chi connectivity index (χ4v) is 2.18. The van der Waals surface area contributed by atoms with Gasteiger partial charge in [-0.3, -0.25) is 0 Å². The van der Waals surface area contributed by atoms with E-state index >= 15 is 0 Å². The molecule has 0 saturated carbocycles. The third kappa shape index (κ3) is 4.25. The molecule has 2 aromatic rings. The zero-order valence-electron chi connectivity index (χ0n) is 12.7. The summed E-state index contributed by atoms with van der Waals surface area (Å²) in [5.41, 5.74) is 1.85. The summed E-state index contributed by atoms with van der Waals surface area (Å²) < 4.78 is 24.7. The molecule has 0 fully saturated rings. The van der Waals surface area contributed by atoms with Gasteiger partial charge in [0.05, 0.1) is 13.7 Å². The summed E-state index contributed by atoms with van der Waals surface area (Å²) in [4.78, 5) is 0. The lowest BCUT2D eigenvalue weighted by Gasteiger charge is -2.10. The van der Waals surface area contributed by atoms with Gasteiger partial charge in [0.2, 0.25) is 0 Å². The highest BCUT2D eigenvalue weighted by Gasteiger charge is 2.10.